The fourth-order valence-electron chi connectivity index (χ4n) is 5.74. The molecule has 1 aliphatic heterocycles. The minimum absolute atomic E-state index is 0.00841. The quantitative estimate of drug-likeness (QED) is 0.269. The van der Waals surface area contributed by atoms with Crippen molar-refractivity contribution in [2.75, 3.05) is 31.7 Å². The van der Waals surface area contributed by atoms with E-state index in [-0.39, 0.29) is 18.4 Å². The van der Waals surface area contributed by atoms with Gasteiger partial charge in [0, 0.05) is 64.7 Å². The molecule has 0 spiro atoms. The van der Waals surface area contributed by atoms with E-state index in [1.165, 1.54) is 0 Å². The predicted molar refractivity (Wildman–Crippen MR) is 166 cm³/mol. The zero-order valence-corrected chi connectivity index (χ0v) is 25.1. The van der Waals surface area contributed by atoms with Gasteiger partial charge in [-0.15, -0.1) is 0 Å². The van der Waals surface area contributed by atoms with E-state index < -0.39 is 0 Å². The Kier molecular flexibility index (Phi) is 9.87. The van der Waals surface area contributed by atoms with E-state index in [1.54, 1.807) is 13.3 Å². The number of carbonyl (C=O) groups excluding carboxylic acids is 2. The molecule has 5 rings (SSSR count). The first-order valence-corrected chi connectivity index (χ1v) is 15.0. The lowest BCUT2D eigenvalue weighted by Gasteiger charge is -2.30. The summed E-state index contributed by atoms with van der Waals surface area (Å²) in [4.78, 5) is 39.9. The van der Waals surface area contributed by atoms with Crippen molar-refractivity contribution in [2.45, 2.75) is 51.5 Å². The lowest BCUT2D eigenvalue weighted by molar-refractivity contribution is -0.131. The van der Waals surface area contributed by atoms with Crippen LogP contribution in [-0.4, -0.2) is 58.1 Å². The van der Waals surface area contributed by atoms with Crippen LogP contribution in [0.15, 0.2) is 60.9 Å². The van der Waals surface area contributed by atoms with Crippen molar-refractivity contribution in [3.05, 3.63) is 77.3 Å². The molecule has 4 aromatic rings. The highest BCUT2D eigenvalue weighted by Gasteiger charge is 2.23. The van der Waals surface area contributed by atoms with Crippen LogP contribution in [0.4, 0.5) is 5.69 Å². The molecule has 0 saturated heterocycles. The monoisotopic (exact) mass is 587 g/mol. The molecule has 8 nitrogen and oxygen atoms in total. The van der Waals surface area contributed by atoms with Crippen LogP contribution in [0.25, 0.3) is 22.2 Å². The number of pyridine rings is 1. The number of amides is 2. The number of hydrogen-bond donors (Lipinski definition) is 0. The summed E-state index contributed by atoms with van der Waals surface area (Å²) in [5.41, 5.74) is 5.45. The molecular formula is C33H38ClN5O3. The molecule has 0 atom stereocenters. The largest absolute Gasteiger partial charge is 0.375 e. The number of benzene rings is 2. The molecule has 3 heterocycles. The Morgan fingerprint density at radius 3 is 2.52 bits per heavy atom. The lowest BCUT2D eigenvalue weighted by Crippen LogP contribution is -2.37. The number of halogens is 1. The maximum atomic E-state index is 13.8. The van der Waals surface area contributed by atoms with Crippen molar-refractivity contribution in [3.63, 3.8) is 0 Å². The van der Waals surface area contributed by atoms with Gasteiger partial charge >= 0.3 is 0 Å². The van der Waals surface area contributed by atoms with Gasteiger partial charge in [-0.05, 0) is 59.9 Å². The number of carbonyl (C=O) groups is 2. The van der Waals surface area contributed by atoms with Crippen LogP contribution in [0.2, 0.25) is 5.02 Å². The second-order valence-electron chi connectivity index (χ2n) is 10.8. The Morgan fingerprint density at radius 1 is 0.952 bits per heavy atom. The number of anilines is 1. The van der Waals surface area contributed by atoms with Crippen LogP contribution in [-0.2, 0) is 34.3 Å². The second-order valence-corrected chi connectivity index (χ2v) is 11.2. The molecule has 0 N–H and O–H groups in total. The SMILES string of the molecule is COCC(=O)N1CCCCCCCN(C(=O)CCc2nc3cccc(Cl)c3n2C)Cc2cc(-c3cccnc3)ccc21. The smallest absolute Gasteiger partial charge is 0.252 e. The van der Waals surface area contributed by atoms with E-state index in [2.05, 4.69) is 11.1 Å². The molecule has 42 heavy (non-hydrogen) atoms. The van der Waals surface area contributed by atoms with Gasteiger partial charge in [-0.1, -0.05) is 49.1 Å². The summed E-state index contributed by atoms with van der Waals surface area (Å²) in [6.07, 6.45) is 9.43. The molecule has 2 aromatic heterocycles. The molecule has 220 valence electrons. The number of ether oxygens (including phenoxy) is 1. The predicted octanol–water partition coefficient (Wildman–Crippen LogP) is 6.19. The van der Waals surface area contributed by atoms with Crippen molar-refractivity contribution >= 4 is 40.1 Å². The Hall–Kier alpha value is -3.75. The van der Waals surface area contributed by atoms with Gasteiger partial charge in [0.15, 0.2) is 0 Å². The third-order valence-corrected chi connectivity index (χ3v) is 8.26. The van der Waals surface area contributed by atoms with Gasteiger partial charge in [0.25, 0.3) is 5.91 Å². The molecule has 0 saturated carbocycles. The fourth-order valence-corrected chi connectivity index (χ4v) is 6.04. The summed E-state index contributed by atoms with van der Waals surface area (Å²) in [5.74, 6) is 0.817. The Balaban J connectivity index is 1.46. The number of rotatable bonds is 6. The van der Waals surface area contributed by atoms with Gasteiger partial charge in [0.1, 0.15) is 12.4 Å². The topological polar surface area (TPSA) is 80.6 Å². The van der Waals surface area contributed by atoms with Gasteiger partial charge in [-0.3, -0.25) is 14.6 Å². The van der Waals surface area contributed by atoms with Crippen LogP contribution >= 0.6 is 11.6 Å². The van der Waals surface area contributed by atoms with E-state index in [0.717, 1.165) is 71.3 Å². The van der Waals surface area contributed by atoms with Crippen LogP contribution in [0.3, 0.4) is 0 Å². The van der Waals surface area contributed by atoms with Crippen molar-refractivity contribution in [1.29, 1.82) is 0 Å². The third kappa shape index (κ3) is 6.82. The van der Waals surface area contributed by atoms with E-state index in [9.17, 15) is 9.59 Å². The van der Waals surface area contributed by atoms with Crippen molar-refractivity contribution < 1.29 is 14.3 Å². The number of fused-ring (bicyclic) bond motifs is 2. The van der Waals surface area contributed by atoms with E-state index in [4.69, 9.17) is 21.3 Å². The van der Waals surface area contributed by atoms with Crippen LogP contribution in [0, 0.1) is 0 Å². The highest BCUT2D eigenvalue weighted by Crippen LogP contribution is 2.30. The first-order chi connectivity index (χ1) is 20.5. The molecule has 0 fully saturated rings. The molecule has 0 bridgehead atoms. The van der Waals surface area contributed by atoms with Crippen LogP contribution in [0.5, 0.6) is 0 Å². The van der Waals surface area contributed by atoms with Crippen LogP contribution in [0.1, 0.15) is 49.9 Å². The number of imidazole rings is 1. The van der Waals surface area contributed by atoms with Gasteiger partial charge in [-0.2, -0.15) is 0 Å². The minimum atomic E-state index is -0.0803. The molecular weight excluding hydrogens is 550 g/mol. The zero-order valence-electron chi connectivity index (χ0n) is 24.4. The maximum absolute atomic E-state index is 13.8. The molecule has 1 aliphatic rings. The molecule has 2 aromatic carbocycles. The summed E-state index contributed by atoms with van der Waals surface area (Å²) in [5, 5.41) is 0.650. The number of nitrogens with zero attached hydrogens (tertiary/aromatic N) is 5. The summed E-state index contributed by atoms with van der Waals surface area (Å²) < 4.78 is 7.21. The third-order valence-electron chi connectivity index (χ3n) is 7.96. The Labute approximate surface area is 252 Å². The average Bonchev–Trinajstić information content (AvgIpc) is 3.32. The number of para-hydroxylation sites is 1. The van der Waals surface area contributed by atoms with Crippen LogP contribution < -0.4 is 4.90 Å². The maximum Gasteiger partial charge on any atom is 0.252 e. The van der Waals surface area contributed by atoms with Crippen molar-refractivity contribution in [3.8, 4) is 11.1 Å². The number of aromatic nitrogens is 3. The standard InChI is InChI=1S/C33H38ClN5O3/c1-37-30(36-28-12-8-11-27(34)33(28)37)15-16-31(40)38-18-6-4-3-5-7-19-39(32(41)23-42-2)29-14-13-24(20-26(29)22-38)25-10-9-17-35-21-25/h8-14,17,20-21H,3-7,15-16,18-19,22-23H2,1-2H3. The highest BCUT2D eigenvalue weighted by molar-refractivity contribution is 6.35. The Bertz CT molecular complexity index is 1540. The summed E-state index contributed by atoms with van der Waals surface area (Å²) in [6.45, 7) is 1.70. The molecule has 2 amide bonds. The molecule has 0 aliphatic carbocycles. The molecule has 0 radical (unpaired) electrons. The zero-order chi connectivity index (χ0) is 29.5. The summed E-state index contributed by atoms with van der Waals surface area (Å²) in [7, 11) is 3.48. The summed E-state index contributed by atoms with van der Waals surface area (Å²) >= 11 is 6.43. The summed E-state index contributed by atoms with van der Waals surface area (Å²) in [6, 6.07) is 15.7. The fraction of sp³-hybridized carbons (Fsp3) is 0.394. The van der Waals surface area contributed by atoms with Crippen molar-refractivity contribution in [1.82, 2.24) is 19.4 Å². The molecule has 0 unspecified atom stereocenters. The first kappa shape index (κ1) is 29.7. The van der Waals surface area contributed by atoms with Gasteiger partial charge in [0.05, 0.1) is 16.1 Å². The van der Waals surface area contributed by atoms with Gasteiger partial charge in [-0.25, -0.2) is 4.98 Å². The number of hydrogen-bond acceptors (Lipinski definition) is 5. The highest BCUT2D eigenvalue weighted by atomic mass is 35.5. The first-order valence-electron chi connectivity index (χ1n) is 14.7. The van der Waals surface area contributed by atoms with Gasteiger partial charge in [0.2, 0.25) is 5.91 Å². The molecule has 9 heteroatoms. The van der Waals surface area contributed by atoms with E-state index >= 15 is 0 Å². The number of methoxy groups -OCH3 is 1. The normalized spacial score (nSPS) is 14.7. The van der Waals surface area contributed by atoms with Crippen molar-refractivity contribution in [2.24, 2.45) is 7.05 Å². The second kappa shape index (κ2) is 13.9. The van der Waals surface area contributed by atoms with E-state index in [0.29, 0.717) is 37.5 Å². The lowest BCUT2D eigenvalue weighted by atomic mass is 10.0. The minimum Gasteiger partial charge on any atom is -0.375 e. The number of aryl methyl sites for hydroxylation is 2. The Morgan fingerprint density at radius 2 is 1.76 bits per heavy atom. The van der Waals surface area contributed by atoms with E-state index in [1.807, 2.05) is 70.1 Å². The average molecular weight is 588 g/mol. The van der Waals surface area contributed by atoms with Gasteiger partial charge < -0.3 is 19.1 Å².